The van der Waals surface area contributed by atoms with Crippen molar-refractivity contribution in [2.45, 2.75) is 33.9 Å². The van der Waals surface area contributed by atoms with E-state index in [9.17, 15) is 5.11 Å². The van der Waals surface area contributed by atoms with Crippen LogP contribution in [0.1, 0.15) is 26.3 Å². The number of benzene rings is 3. The maximum absolute atomic E-state index is 10.7. The number of phenolic OH excluding ortho intramolecular Hbond substituents is 1. The van der Waals surface area contributed by atoms with Gasteiger partial charge in [0.05, 0.1) is 5.69 Å². The van der Waals surface area contributed by atoms with Crippen molar-refractivity contribution in [1.29, 1.82) is 0 Å². The largest absolute Gasteiger partial charge is 0.505 e. The van der Waals surface area contributed by atoms with Crippen molar-refractivity contribution in [3.63, 3.8) is 0 Å². The molecule has 3 aromatic carbocycles. The van der Waals surface area contributed by atoms with Crippen LogP contribution in [0.5, 0.6) is 5.75 Å². The van der Waals surface area contributed by atoms with Crippen LogP contribution in [0, 0.1) is 0 Å². The molecule has 0 bridgehead atoms. The molecule has 0 saturated heterocycles. The lowest BCUT2D eigenvalue weighted by molar-refractivity contribution is 0.291. The van der Waals surface area contributed by atoms with Crippen LogP contribution >= 0.6 is 12.4 Å². The van der Waals surface area contributed by atoms with E-state index < -0.39 is 0 Å². The quantitative estimate of drug-likeness (QED) is 0.184. The first-order valence-corrected chi connectivity index (χ1v) is 10.8. The van der Waals surface area contributed by atoms with Crippen LogP contribution in [0.4, 0.5) is 17.1 Å². The third-order valence-electron chi connectivity index (χ3n) is 5.82. The van der Waals surface area contributed by atoms with E-state index in [0.29, 0.717) is 17.9 Å². The normalized spacial score (nSPS) is 11.6. The third kappa shape index (κ3) is 4.42. The van der Waals surface area contributed by atoms with Crippen molar-refractivity contribution in [1.82, 2.24) is 9.47 Å². The molecule has 1 heterocycles. The molecule has 0 atom stereocenters. The Morgan fingerprint density at radius 3 is 2.34 bits per heavy atom. The number of hydrogen-bond donors (Lipinski definition) is 2. The second-order valence-corrected chi connectivity index (χ2v) is 7.67. The number of nitrogens with zero attached hydrogens (tertiary/aromatic N) is 4. The van der Waals surface area contributed by atoms with Gasteiger partial charge in [0.2, 0.25) is 0 Å². The summed E-state index contributed by atoms with van der Waals surface area (Å²) < 4.78 is 2.30. The van der Waals surface area contributed by atoms with Crippen molar-refractivity contribution < 1.29 is 5.11 Å². The zero-order valence-corrected chi connectivity index (χ0v) is 19.6. The number of nitrogen functional groups attached to an aromatic ring is 1. The summed E-state index contributed by atoms with van der Waals surface area (Å²) in [6.07, 6.45) is 0. The summed E-state index contributed by atoms with van der Waals surface area (Å²) in [4.78, 5) is 2.22. The zero-order valence-electron chi connectivity index (χ0n) is 18.7. The fourth-order valence-corrected chi connectivity index (χ4v) is 4.14. The van der Waals surface area contributed by atoms with Gasteiger partial charge in [0, 0.05) is 46.1 Å². The van der Waals surface area contributed by atoms with Gasteiger partial charge in [-0.25, -0.2) is 0 Å². The minimum Gasteiger partial charge on any atom is -0.505 e. The van der Waals surface area contributed by atoms with Gasteiger partial charge in [0.1, 0.15) is 11.4 Å². The van der Waals surface area contributed by atoms with Gasteiger partial charge < -0.3 is 15.4 Å². The molecule has 0 aliphatic heterocycles. The Hall–Kier alpha value is -3.09. The van der Waals surface area contributed by atoms with Crippen molar-refractivity contribution in [2.24, 2.45) is 10.2 Å². The number of rotatable bonds is 7. The van der Waals surface area contributed by atoms with Gasteiger partial charge in [-0.2, -0.15) is 5.11 Å². The molecule has 0 aliphatic rings. The first-order chi connectivity index (χ1) is 15.0. The van der Waals surface area contributed by atoms with Crippen LogP contribution in [0.3, 0.4) is 0 Å². The lowest BCUT2D eigenvalue weighted by Gasteiger charge is -2.19. The molecular formula is C25H30ClN5O. The second-order valence-electron chi connectivity index (χ2n) is 7.67. The Kier molecular flexibility index (Phi) is 7.38. The van der Waals surface area contributed by atoms with Gasteiger partial charge in [-0.3, -0.25) is 4.90 Å². The number of phenols is 1. The molecule has 0 radical (unpaired) electrons. The van der Waals surface area contributed by atoms with E-state index in [0.717, 1.165) is 36.3 Å². The topological polar surface area (TPSA) is 79.1 Å². The number of azo groups is 1. The first kappa shape index (κ1) is 23.6. The van der Waals surface area contributed by atoms with Crippen molar-refractivity contribution in [2.75, 3.05) is 18.8 Å². The summed E-state index contributed by atoms with van der Waals surface area (Å²) in [6, 6.07) is 17.9. The van der Waals surface area contributed by atoms with E-state index in [1.807, 2.05) is 12.1 Å². The van der Waals surface area contributed by atoms with Gasteiger partial charge in [0.25, 0.3) is 0 Å². The van der Waals surface area contributed by atoms with Crippen LogP contribution in [0.2, 0.25) is 0 Å². The number of nitrogens with two attached hydrogens (primary N) is 1. The van der Waals surface area contributed by atoms with E-state index in [1.54, 1.807) is 12.1 Å². The molecule has 0 fully saturated rings. The van der Waals surface area contributed by atoms with Crippen LogP contribution in [0.15, 0.2) is 64.8 Å². The van der Waals surface area contributed by atoms with Gasteiger partial charge in [-0.05, 0) is 56.4 Å². The van der Waals surface area contributed by atoms with E-state index in [2.05, 4.69) is 70.8 Å². The second kappa shape index (κ2) is 10.0. The number of para-hydroxylation sites is 1. The molecule has 0 unspecified atom stereocenters. The highest BCUT2D eigenvalue weighted by Gasteiger charge is 2.13. The predicted molar refractivity (Wildman–Crippen MR) is 136 cm³/mol. The highest BCUT2D eigenvalue weighted by atomic mass is 35.5. The van der Waals surface area contributed by atoms with Gasteiger partial charge in [-0.15, -0.1) is 17.5 Å². The van der Waals surface area contributed by atoms with Gasteiger partial charge in [0.15, 0.2) is 0 Å². The van der Waals surface area contributed by atoms with Gasteiger partial charge in [-0.1, -0.05) is 32.0 Å². The van der Waals surface area contributed by atoms with Crippen molar-refractivity contribution in [3.05, 3.63) is 60.2 Å². The molecule has 4 rings (SSSR count). The molecule has 0 amide bonds. The molecule has 0 aliphatic carbocycles. The lowest BCUT2D eigenvalue weighted by atomic mass is 10.1. The highest BCUT2D eigenvalue weighted by Crippen LogP contribution is 2.36. The predicted octanol–water partition coefficient (Wildman–Crippen LogP) is 6.78. The molecule has 4 aromatic rings. The summed E-state index contributed by atoms with van der Waals surface area (Å²) in [7, 11) is 0. The van der Waals surface area contributed by atoms with E-state index in [4.69, 9.17) is 5.73 Å². The Bertz CT molecular complexity index is 1260. The van der Waals surface area contributed by atoms with E-state index in [-0.39, 0.29) is 18.2 Å². The Labute approximate surface area is 194 Å². The summed E-state index contributed by atoms with van der Waals surface area (Å²) >= 11 is 0. The minimum absolute atomic E-state index is 0. The number of anilines is 1. The van der Waals surface area contributed by atoms with Crippen molar-refractivity contribution in [3.8, 4) is 5.75 Å². The van der Waals surface area contributed by atoms with Crippen LogP contribution in [0.25, 0.3) is 21.8 Å². The third-order valence-corrected chi connectivity index (χ3v) is 5.82. The Balaban J connectivity index is 0.00000289. The minimum atomic E-state index is 0. The molecule has 6 nitrogen and oxygen atoms in total. The highest BCUT2D eigenvalue weighted by molar-refractivity contribution is 6.08. The molecule has 7 heteroatoms. The molecule has 1 aromatic heterocycles. The summed E-state index contributed by atoms with van der Waals surface area (Å²) in [5, 5.41) is 21.8. The zero-order chi connectivity index (χ0) is 22.0. The lowest BCUT2D eigenvalue weighted by Crippen LogP contribution is -2.22. The maximum Gasteiger partial charge on any atom is 0.147 e. The maximum atomic E-state index is 10.7. The Morgan fingerprint density at radius 1 is 0.906 bits per heavy atom. The fourth-order valence-electron chi connectivity index (χ4n) is 4.14. The summed E-state index contributed by atoms with van der Waals surface area (Å²) in [6.45, 7) is 9.66. The smallest absolute Gasteiger partial charge is 0.147 e. The monoisotopic (exact) mass is 451 g/mol. The summed E-state index contributed by atoms with van der Waals surface area (Å²) in [5.41, 5.74) is 10.9. The van der Waals surface area contributed by atoms with Gasteiger partial charge >= 0.3 is 0 Å². The average Bonchev–Trinajstić information content (AvgIpc) is 3.11. The van der Waals surface area contributed by atoms with Crippen LogP contribution in [-0.2, 0) is 13.1 Å². The van der Waals surface area contributed by atoms with Crippen LogP contribution < -0.4 is 5.73 Å². The number of aryl methyl sites for hydroxylation is 1. The molecule has 3 N–H and O–H groups in total. The van der Waals surface area contributed by atoms with E-state index in [1.165, 1.54) is 16.4 Å². The standard InChI is InChI=1S/C25H29N5O.ClH/c1-4-29(5-2)16-17-13-18(26)14-22(25(17)31)28-27-19-11-12-24-21(15-19)20-9-7-8-10-23(20)30(24)6-3;/h7-15,31H,4-6,16,26H2,1-3H3;1H. The molecule has 32 heavy (non-hydrogen) atoms. The molecule has 168 valence electrons. The van der Waals surface area contributed by atoms with Crippen LogP contribution in [-0.4, -0.2) is 27.7 Å². The number of aromatic nitrogens is 1. The molecule has 0 saturated carbocycles. The molecule has 0 spiro atoms. The number of halogens is 1. The Morgan fingerprint density at radius 2 is 1.62 bits per heavy atom. The average molecular weight is 452 g/mol. The first-order valence-electron chi connectivity index (χ1n) is 10.8. The van der Waals surface area contributed by atoms with E-state index >= 15 is 0 Å². The summed E-state index contributed by atoms with van der Waals surface area (Å²) in [5.74, 6) is 0.133. The SMILES string of the molecule is CCN(CC)Cc1cc(N)cc(N=Nc2ccc3c(c2)c2ccccc2n3CC)c1O.Cl. The van der Waals surface area contributed by atoms with Crippen molar-refractivity contribution >= 4 is 51.3 Å². The number of hydrogen-bond acceptors (Lipinski definition) is 5. The number of aromatic hydroxyl groups is 1. The number of fused-ring (bicyclic) bond motifs is 3. The molecular weight excluding hydrogens is 422 g/mol. The fraction of sp³-hybridized carbons (Fsp3) is 0.280.